The van der Waals surface area contributed by atoms with E-state index in [2.05, 4.69) is 45.3 Å². The van der Waals surface area contributed by atoms with Crippen molar-refractivity contribution in [1.29, 1.82) is 0 Å². The molecule has 2 rings (SSSR count). The molecule has 1 aliphatic heterocycles. The van der Waals surface area contributed by atoms with Gasteiger partial charge in [0.1, 0.15) is 5.75 Å². The molecule has 1 unspecified atom stereocenters. The van der Waals surface area contributed by atoms with Crippen LogP contribution in [0.5, 0.6) is 5.75 Å². The summed E-state index contributed by atoms with van der Waals surface area (Å²) >= 11 is 3.52. The predicted molar refractivity (Wildman–Crippen MR) is 82.6 cm³/mol. The minimum atomic E-state index is 0.792. The van der Waals surface area contributed by atoms with Crippen molar-refractivity contribution in [2.45, 2.75) is 19.4 Å². The zero-order chi connectivity index (χ0) is 13.7. The quantitative estimate of drug-likeness (QED) is 0.900. The summed E-state index contributed by atoms with van der Waals surface area (Å²) in [5.41, 5.74) is 1.29. The molecule has 1 aliphatic rings. The van der Waals surface area contributed by atoms with Gasteiger partial charge >= 0.3 is 0 Å². The predicted octanol–water partition coefficient (Wildman–Crippen LogP) is 2.89. The van der Waals surface area contributed by atoms with Crippen LogP contribution in [0.4, 0.5) is 0 Å². The number of ether oxygens (including phenoxy) is 1. The molecule has 1 N–H and O–H groups in total. The Morgan fingerprint density at radius 3 is 3.00 bits per heavy atom. The number of benzene rings is 1. The van der Waals surface area contributed by atoms with Gasteiger partial charge in [-0.3, -0.25) is 0 Å². The zero-order valence-electron chi connectivity index (χ0n) is 11.8. The van der Waals surface area contributed by atoms with Crippen molar-refractivity contribution in [3.05, 3.63) is 28.2 Å². The van der Waals surface area contributed by atoms with Crippen molar-refractivity contribution in [3.63, 3.8) is 0 Å². The summed E-state index contributed by atoms with van der Waals surface area (Å²) in [7, 11) is 3.91. The van der Waals surface area contributed by atoms with Gasteiger partial charge in [-0.05, 0) is 72.5 Å². The number of halogens is 1. The largest absolute Gasteiger partial charge is 0.496 e. The van der Waals surface area contributed by atoms with E-state index in [1.54, 1.807) is 7.11 Å². The van der Waals surface area contributed by atoms with Crippen LogP contribution in [0, 0.1) is 5.92 Å². The molecule has 0 aliphatic carbocycles. The normalized spacial score (nSPS) is 20.5. The Bertz CT molecular complexity index is 411. The number of likely N-dealkylation sites (tertiary alicyclic amines) is 1. The van der Waals surface area contributed by atoms with Crippen molar-refractivity contribution >= 4 is 15.9 Å². The summed E-state index contributed by atoms with van der Waals surface area (Å²) in [6.45, 7) is 4.50. The van der Waals surface area contributed by atoms with E-state index in [0.29, 0.717) is 0 Å². The summed E-state index contributed by atoms with van der Waals surface area (Å²) in [5.74, 6) is 1.68. The monoisotopic (exact) mass is 326 g/mol. The Labute approximate surface area is 124 Å². The molecule has 0 aromatic heterocycles. The summed E-state index contributed by atoms with van der Waals surface area (Å²) in [6, 6.07) is 6.25. The van der Waals surface area contributed by atoms with Gasteiger partial charge in [0.25, 0.3) is 0 Å². The van der Waals surface area contributed by atoms with Crippen LogP contribution in [0.2, 0.25) is 0 Å². The molecule has 0 saturated carbocycles. The highest BCUT2D eigenvalue weighted by atomic mass is 79.9. The molecular formula is C15H23BrN2O. The average Bonchev–Trinajstić information content (AvgIpc) is 2.39. The molecule has 3 nitrogen and oxygen atoms in total. The van der Waals surface area contributed by atoms with Crippen LogP contribution in [-0.4, -0.2) is 38.7 Å². The van der Waals surface area contributed by atoms with E-state index in [1.165, 1.54) is 31.5 Å². The van der Waals surface area contributed by atoms with E-state index >= 15 is 0 Å². The third-order valence-electron chi connectivity index (χ3n) is 3.70. The molecule has 0 radical (unpaired) electrons. The van der Waals surface area contributed by atoms with Gasteiger partial charge in [-0.15, -0.1) is 0 Å². The molecule has 4 heteroatoms. The first kappa shape index (κ1) is 14.8. The van der Waals surface area contributed by atoms with Crippen LogP contribution in [0.1, 0.15) is 18.4 Å². The van der Waals surface area contributed by atoms with Crippen LogP contribution >= 0.6 is 15.9 Å². The second-order valence-electron chi connectivity index (χ2n) is 5.37. The minimum Gasteiger partial charge on any atom is -0.496 e. The molecule has 0 bridgehead atoms. The zero-order valence-corrected chi connectivity index (χ0v) is 13.4. The van der Waals surface area contributed by atoms with E-state index in [1.807, 2.05) is 6.07 Å². The molecule has 0 spiro atoms. The van der Waals surface area contributed by atoms with Gasteiger partial charge in [-0.25, -0.2) is 0 Å². The lowest BCUT2D eigenvalue weighted by Crippen LogP contribution is -2.37. The van der Waals surface area contributed by atoms with Crippen molar-refractivity contribution in [3.8, 4) is 5.75 Å². The molecule has 19 heavy (non-hydrogen) atoms. The maximum Gasteiger partial charge on any atom is 0.133 e. The number of nitrogens with one attached hydrogen (secondary N) is 1. The molecule has 0 amide bonds. The van der Waals surface area contributed by atoms with Gasteiger partial charge in [0.2, 0.25) is 0 Å². The fourth-order valence-corrected chi connectivity index (χ4v) is 3.27. The maximum atomic E-state index is 5.24. The lowest BCUT2D eigenvalue weighted by atomic mass is 9.98. The smallest absolute Gasteiger partial charge is 0.133 e. The van der Waals surface area contributed by atoms with Crippen LogP contribution in [-0.2, 0) is 6.54 Å². The third-order valence-corrected chi connectivity index (χ3v) is 4.32. The first-order chi connectivity index (χ1) is 9.19. The van der Waals surface area contributed by atoms with E-state index in [0.717, 1.165) is 29.2 Å². The highest BCUT2D eigenvalue weighted by molar-refractivity contribution is 9.10. The van der Waals surface area contributed by atoms with Crippen molar-refractivity contribution < 1.29 is 4.74 Å². The van der Waals surface area contributed by atoms with Crippen LogP contribution in [0.15, 0.2) is 22.7 Å². The summed E-state index contributed by atoms with van der Waals surface area (Å²) in [4.78, 5) is 2.43. The second-order valence-corrected chi connectivity index (χ2v) is 6.22. The summed E-state index contributed by atoms with van der Waals surface area (Å²) in [6.07, 6.45) is 2.68. The van der Waals surface area contributed by atoms with Gasteiger partial charge < -0.3 is 15.0 Å². The number of hydrogen-bond acceptors (Lipinski definition) is 3. The minimum absolute atomic E-state index is 0.792. The van der Waals surface area contributed by atoms with Crippen LogP contribution in [0.3, 0.4) is 0 Å². The van der Waals surface area contributed by atoms with Gasteiger partial charge in [0, 0.05) is 13.1 Å². The van der Waals surface area contributed by atoms with Crippen molar-refractivity contribution in [1.82, 2.24) is 10.2 Å². The molecule has 1 heterocycles. The first-order valence-electron chi connectivity index (χ1n) is 6.90. The first-order valence-corrected chi connectivity index (χ1v) is 7.70. The topological polar surface area (TPSA) is 24.5 Å². The van der Waals surface area contributed by atoms with Gasteiger partial charge in [-0.1, -0.05) is 6.07 Å². The number of hydrogen-bond donors (Lipinski definition) is 1. The third kappa shape index (κ3) is 4.48. The van der Waals surface area contributed by atoms with Gasteiger partial charge in [0.15, 0.2) is 0 Å². The Morgan fingerprint density at radius 2 is 2.32 bits per heavy atom. The Kier molecular flexibility index (Phi) is 5.67. The molecule has 1 aromatic rings. The summed E-state index contributed by atoms with van der Waals surface area (Å²) in [5, 5.41) is 3.57. The van der Waals surface area contributed by atoms with Crippen molar-refractivity contribution in [2.75, 3.05) is 33.8 Å². The van der Waals surface area contributed by atoms with Crippen molar-refractivity contribution in [2.24, 2.45) is 5.92 Å². The maximum absolute atomic E-state index is 5.24. The highest BCUT2D eigenvalue weighted by Crippen LogP contribution is 2.25. The molecule has 1 aromatic carbocycles. The molecular weight excluding hydrogens is 304 g/mol. The lowest BCUT2D eigenvalue weighted by molar-refractivity contribution is 0.206. The van der Waals surface area contributed by atoms with E-state index in [4.69, 9.17) is 4.74 Å². The number of rotatable bonds is 5. The molecule has 106 valence electrons. The van der Waals surface area contributed by atoms with E-state index in [9.17, 15) is 0 Å². The Morgan fingerprint density at radius 1 is 1.47 bits per heavy atom. The van der Waals surface area contributed by atoms with E-state index in [-0.39, 0.29) is 0 Å². The number of piperidine rings is 1. The van der Waals surface area contributed by atoms with Crippen LogP contribution < -0.4 is 10.1 Å². The Hall–Kier alpha value is -0.580. The molecule has 1 atom stereocenters. The van der Waals surface area contributed by atoms with Gasteiger partial charge in [0.05, 0.1) is 11.6 Å². The Balaban J connectivity index is 1.77. The molecule has 1 fully saturated rings. The van der Waals surface area contributed by atoms with Crippen LogP contribution in [0.25, 0.3) is 0 Å². The fourth-order valence-electron chi connectivity index (χ4n) is 2.68. The SMILES string of the molecule is COc1ccc(CNCC2CCCN(C)C2)cc1Br. The highest BCUT2D eigenvalue weighted by Gasteiger charge is 2.16. The molecule has 1 saturated heterocycles. The van der Waals surface area contributed by atoms with E-state index < -0.39 is 0 Å². The fraction of sp³-hybridized carbons (Fsp3) is 0.600. The second kappa shape index (κ2) is 7.27. The number of methoxy groups -OCH3 is 1. The average molecular weight is 327 g/mol. The summed E-state index contributed by atoms with van der Waals surface area (Å²) < 4.78 is 6.26. The van der Waals surface area contributed by atoms with Gasteiger partial charge in [-0.2, -0.15) is 0 Å². The lowest BCUT2D eigenvalue weighted by Gasteiger charge is -2.29. The number of nitrogens with zero attached hydrogens (tertiary/aromatic N) is 1. The standard InChI is InChI=1S/C15H23BrN2O/c1-18-7-3-4-13(11-18)10-17-9-12-5-6-15(19-2)14(16)8-12/h5-6,8,13,17H,3-4,7,9-11H2,1-2H3.